The van der Waals surface area contributed by atoms with Crippen molar-refractivity contribution >= 4 is 16.6 Å². The van der Waals surface area contributed by atoms with Gasteiger partial charge in [0.15, 0.2) is 0 Å². The van der Waals surface area contributed by atoms with Gasteiger partial charge in [0.1, 0.15) is 6.07 Å². The standard InChI is InChI=1S/C16H19N3O/c1-2-3-8-19(9-10-20)16-13(11-17)12-18-15-7-5-4-6-14(15)16/h4-7,12,20H,2-3,8-10H2,1H3. The predicted molar refractivity (Wildman–Crippen MR) is 80.7 cm³/mol. The average Bonchev–Trinajstić information content (AvgIpc) is 2.50. The Morgan fingerprint density at radius 2 is 2.10 bits per heavy atom. The molecule has 0 aliphatic heterocycles. The lowest BCUT2D eigenvalue weighted by molar-refractivity contribution is 0.301. The molecule has 0 aliphatic rings. The summed E-state index contributed by atoms with van der Waals surface area (Å²) >= 11 is 0. The molecule has 0 spiro atoms. The normalized spacial score (nSPS) is 10.4. The van der Waals surface area contributed by atoms with Crippen LogP contribution >= 0.6 is 0 Å². The number of pyridine rings is 1. The summed E-state index contributed by atoms with van der Waals surface area (Å²) in [5.41, 5.74) is 2.33. The van der Waals surface area contributed by atoms with Gasteiger partial charge < -0.3 is 10.0 Å². The number of aromatic nitrogens is 1. The van der Waals surface area contributed by atoms with Gasteiger partial charge in [-0.1, -0.05) is 31.5 Å². The molecule has 0 aliphatic carbocycles. The van der Waals surface area contributed by atoms with Gasteiger partial charge in [-0.3, -0.25) is 4.98 Å². The van der Waals surface area contributed by atoms with Gasteiger partial charge in [-0.25, -0.2) is 0 Å². The molecule has 1 aromatic heterocycles. The minimum atomic E-state index is 0.0746. The van der Waals surface area contributed by atoms with E-state index < -0.39 is 0 Å². The maximum atomic E-state index is 9.34. The zero-order valence-electron chi connectivity index (χ0n) is 11.7. The average molecular weight is 269 g/mol. The Kier molecular flexibility index (Phi) is 4.91. The lowest BCUT2D eigenvalue weighted by Crippen LogP contribution is -2.28. The second kappa shape index (κ2) is 6.88. The molecule has 0 bridgehead atoms. The number of para-hydroxylation sites is 1. The molecule has 0 amide bonds. The van der Waals surface area contributed by atoms with Gasteiger partial charge in [0.25, 0.3) is 0 Å². The van der Waals surface area contributed by atoms with Crippen LogP contribution in [0.3, 0.4) is 0 Å². The first-order chi connectivity index (χ1) is 9.81. The second-order valence-corrected chi connectivity index (χ2v) is 4.71. The Bertz CT molecular complexity index is 619. The van der Waals surface area contributed by atoms with Gasteiger partial charge in [0, 0.05) is 24.7 Å². The van der Waals surface area contributed by atoms with E-state index in [1.165, 1.54) is 0 Å². The monoisotopic (exact) mass is 269 g/mol. The van der Waals surface area contributed by atoms with E-state index in [0.29, 0.717) is 12.1 Å². The molecule has 0 saturated heterocycles. The molecule has 20 heavy (non-hydrogen) atoms. The second-order valence-electron chi connectivity index (χ2n) is 4.71. The van der Waals surface area contributed by atoms with Crippen LogP contribution in [-0.2, 0) is 0 Å². The summed E-state index contributed by atoms with van der Waals surface area (Å²) in [7, 11) is 0. The molecular formula is C16H19N3O. The van der Waals surface area contributed by atoms with E-state index in [2.05, 4.69) is 22.9 Å². The van der Waals surface area contributed by atoms with Crippen LogP contribution in [-0.4, -0.2) is 29.8 Å². The first-order valence-corrected chi connectivity index (χ1v) is 6.95. The summed E-state index contributed by atoms with van der Waals surface area (Å²) in [5, 5.41) is 19.6. The molecular weight excluding hydrogens is 250 g/mol. The highest BCUT2D eigenvalue weighted by Gasteiger charge is 2.15. The highest BCUT2D eigenvalue weighted by atomic mass is 16.3. The fourth-order valence-corrected chi connectivity index (χ4v) is 2.35. The molecule has 0 radical (unpaired) electrons. The van der Waals surface area contributed by atoms with Crippen LogP contribution in [0.4, 0.5) is 5.69 Å². The van der Waals surface area contributed by atoms with Crippen molar-refractivity contribution in [3.05, 3.63) is 36.0 Å². The molecule has 4 nitrogen and oxygen atoms in total. The summed E-state index contributed by atoms with van der Waals surface area (Å²) in [6.07, 6.45) is 3.72. The van der Waals surface area contributed by atoms with Gasteiger partial charge in [0.05, 0.1) is 23.4 Å². The molecule has 4 heteroatoms. The van der Waals surface area contributed by atoms with Crippen molar-refractivity contribution in [2.24, 2.45) is 0 Å². The van der Waals surface area contributed by atoms with Crippen molar-refractivity contribution in [1.29, 1.82) is 5.26 Å². The van der Waals surface area contributed by atoms with Crippen molar-refractivity contribution in [3.63, 3.8) is 0 Å². The fraction of sp³-hybridized carbons (Fsp3) is 0.375. The third kappa shape index (κ3) is 2.89. The highest BCUT2D eigenvalue weighted by molar-refractivity contribution is 5.94. The third-order valence-corrected chi connectivity index (χ3v) is 3.34. The largest absolute Gasteiger partial charge is 0.395 e. The van der Waals surface area contributed by atoms with Crippen molar-refractivity contribution in [1.82, 2.24) is 4.98 Å². The topological polar surface area (TPSA) is 60.1 Å². The molecule has 104 valence electrons. The Labute approximate surface area is 119 Å². The van der Waals surface area contributed by atoms with Gasteiger partial charge >= 0.3 is 0 Å². The minimum Gasteiger partial charge on any atom is -0.395 e. The van der Waals surface area contributed by atoms with Crippen LogP contribution in [0.15, 0.2) is 30.5 Å². The Balaban J connectivity index is 2.55. The molecule has 1 N–H and O–H groups in total. The quantitative estimate of drug-likeness (QED) is 0.876. The number of nitriles is 1. The van der Waals surface area contributed by atoms with Crippen LogP contribution in [0.2, 0.25) is 0 Å². The van der Waals surface area contributed by atoms with E-state index in [1.807, 2.05) is 24.3 Å². The number of anilines is 1. The van der Waals surface area contributed by atoms with Crippen LogP contribution in [0.25, 0.3) is 10.9 Å². The lowest BCUT2D eigenvalue weighted by atomic mass is 10.1. The summed E-state index contributed by atoms with van der Waals surface area (Å²) in [4.78, 5) is 6.41. The van der Waals surface area contributed by atoms with Gasteiger partial charge in [-0.15, -0.1) is 0 Å². The van der Waals surface area contributed by atoms with Crippen molar-refractivity contribution in [2.75, 3.05) is 24.6 Å². The number of fused-ring (bicyclic) bond motifs is 1. The van der Waals surface area contributed by atoms with Crippen molar-refractivity contribution in [3.8, 4) is 6.07 Å². The van der Waals surface area contributed by atoms with E-state index in [4.69, 9.17) is 0 Å². The number of aliphatic hydroxyl groups is 1. The van der Waals surface area contributed by atoms with E-state index in [0.717, 1.165) is 36.0 Å². The number of hydrogen-bond donors (Lipinski definition) is 1. The predicted octanol–water partition coefficient (Wildman–Crippen LogP) is 2.71. The Hall–Kier alpha value is -2.12. The Morgan fingerprint density at radius 3 is 2.80 bits per heavy atom. The minimum absolute atomic E-state index is 0.0746. The first-order valence-electron chi connectivity index (χ1n) is 6.95. The third-order valence-electron chi connectivity index (χ3n) is 3.34. The maximum Gasteiger partial charge on any atom is 0.103 e. The number of aliphatic hydroxyl groups excluding tert-OH is 1. The summed E-state index contributed by atoms with van der Waals surface area (Å²) in [5.74, 6) is 0. The molecule has 1 heterocycles. The first kappa shape index (κ1) is 14.3. The smallest absolute Gasteiger partial charge is 0.103 e. The van der Waals surface area contributed by atoms with E-state index in [9.17, 15) is 10.4 Å². The maximum absolute atomic E-state index is 9.34. The van der Waals surface area contributed by atoms with Crippen LogP contribution in [0.1, 0.15) is 25.3 Å². The lowest BCUT2D eigenvalue weighted by Gasteiger charge is -2.26. The summed E-state index contributed by atoms with van der Waals surface area (Å²) < 4.78 is 0. The molecule has 2 rings (SSSR count). The van der Waals surface area contributed by atoms with Gasteiger partial charge in [0.2, 0.25) is 0 Å². The van der Waals surface area contributed by atoms with Crippen molar-refractivity contribution in [2.45, 2.75) is 19.8 Å². The van der Waals surface area contributed by atoms with E-state index in [1.54, 1.807) is 6.20 Å². The van der Waals surface area contributed by atoms with Crippen LogP contribution in [0.5, 0.6) is 0 Å². The Morgan fingerprint density at radius 1 is 1.30 bits per heavy atom. The summed E-state index contributed by atoms with van der Waals surface area (Å²) in [6, 6.07) is 10.0. The zero-order valence-corrected chi connectivity index (χ0v) is 11.7. The molecule has 0 atom stereocenters. The SMILES string of the molecule is CCCCN(CCO)c1c(C#N)cnc2ccccc12. The number of benzene rings is 1. The van der Waals surface area contributed by atoms with Crippen LogP contribution in [0, 0.1) is 11.3 Å². The molecule has 2 aromatic rings. The zero-order chi connectivity index (χ0) is 14.4. The number of hydrogen-bond acceptors (Lipinski definition) is 4. The highest BCUT2D eigenvalue weighted by Crippen LogP contribution is 2.29. The molecule has 0 fully saturated rings. The van der Waals surface area contributed by atoms with E-state index in [-0.39, 0.29) is 6.61 Å². The number of unbranched alkanes of at least 4 members (excludes halogenated alkanes) is 1. The number of nitrogens with zero attached hydrogens (tertiary/aromatic N) is 3. The molecule has 1 aromatic carbocycles. The van der Waals surface area contributed by atoms with E-state index >= 15 is 0 Å². The fourth-order valence-electron chi connectivity index (χ4n) is 2.35. The van der Waals surface area contributed by atoms with Crippen LogP contribution < -0.4 is 4.90 Å². The number of rotatable bonds is 6. The van der Waals surface area contributed by atoms with Gasteiger partial charge in [-0.2, -0.15) is 5.26 Å². The van der Waals surface area contributed by atoms with Gasteiger partial charge in [-0.05, 0) is 12.5 Å². The van der Waals surface area contributed by atoms with Crippen molar-refractivity contribution < 1.29 is 5.11 Å². The molecule has 0 unspecified atom stereocenters. The molecule has 0 saturated carbocycles. The summed E-state index contributed by atoms with van der Waals surface area (Å²) in [6.45, 7) is 3.57.